The number of carbonyl (C=O) groups is 1. The first kappa shape index (κ1) is 16.1. The van der Waals surface area contributed by atoms with Crippen LogP contribution in [-0.4, -0.2) is 38.8 Å². The summed E-state index contributed by atoms with van der Waals surface area (Å²) in [5, 5.41) is 0. The van der Waals surface area contributed by atoms with E-state index in [-0.39, 0.29) is 11.8 Å². The van der Waals surface area contributed by atoms with E-state index in [2.05, 4.69) is 4.98 Å². The number of nitrogens with zero attached hydrogens (tertiary/aromatic N) is 2. The number of hydrogen-bond donors (Lipinski definition) is 0. The predicted molar refractivity (Wildman–Crippen MR) is 89.9 cm³/mol. The summed E-state index contributed by atoms with van der Waals surface area (Å²) in [7, 11) is 4.92. The fourth-order valence-corrected chi connectivity index (χ4v) is 2.73. The van der Waals surface area contributed by atoms with E-state index in [4.69, 9.17) is 14.2 Å². The molecule has 0 fully saturated rings. The quantitative estimate of drug-likeness (QED) is 0.862. The van der Waals surface area contributed by atoms with Crippen molar-refractivity contribution in [3.05, 3.63) is 42.1 Å². The molecule has 0 saturated carbocycles. The van der Waals surface area contributed by atoms with Crippen LogP contribution in [0.15, 0.2) is 36.5 Å². The fourth-order valence-electron chi connectivity index (χ4n) is 2.73. The molecule has 0 N–H and O–H groups in total. The van der Waals surface area contributed by atoms with Crippen LogP contribution in [0.3, 0.4) is 0 Å². The van der Waals surface area contributed by atoms with Gasteiger partial charge in [0, 0.05) is 19.2 Å². The summed E-state index contributed by atoms with van der Waals surface area (Å²) < 4.78 is 16.0. The van der Waals surface area contributed by atoms with Crippen LogP contribution in [0.1, 0.15) is 5.56 Å². The Morgan fingerprint density at radius 2 is 2.08 bits per heavy atom. The highest BCUT2D eigenvalue weighted by Gasteiger charge is 2.29. The molecule has 0 bridgehead atoms. The Hall–Kier alpha value is -2.76. The zero-order chi connectivity index (χ0) is 17.1. The van der Waals surface area contributed by atoms with Crippen LogP contribution in [0.25, 0.3) is 0 Å². The van der Waals surface area contributed by atoms with E-state index in [0.717, 1.165) is 22.7 Å². The van der Waals surface area contributed by atoms with Gasteiger partial charge in [-0.15, -0.1) is 0 Å². The van der Waals surface area contributed by atoms with E-state index in [1.54, 1.807) is 38.4 Å². The highest BCUT2D eigenvalue weighted by Crippen LogP contribution is 2.32. The van der Waals surface area contributed by atoms with Crippen molar-refractivity contribution in [2.45, 2.75) is 6.42 Å². The standard InChI is InChI=1S/C18H20N2O4/c1-20(14-5-7-17(23-3)19-10-14)18(21)13-8-12-4-6-15(22-2)9-16(12)24-11-13/h4-7,9-10,13H,8,11H2,1-3H3/t13-/m1/s1. The summed E-state index contributed by atoms with van der Waals surface area (Å²) in [5.41, 5.74) is 1.74. The van der Waals surface area contributed by atoms with Crippen LogP contribution in [0.4, 0.5) is 5.69 Å². The van der Waals surface area contributed by atoms with Crippen molar-refractivity contribution >= 4 is 11.6 Å². The number of anilines is 1. The van der Waals surface area contributed by atoms with Gasteiger partial charge in [-0.25, -0.2) is 4.98 Å². The van der Waals surface area contributed by atoms with Crippen molar-refractivity contribution in [2.24, 2.45) is 5.92 Å². The molecule has 1 aromatic heterocycles. The van der Waals surface area contributed by atoms with E-state index in [1.165, 1.54) is 0 Å². The third-order valence-corrected chi connectivity index (χ3v) is 4.18. The number of ether oxygens (including phenoxy) is 3. The molecule has 24 heavy (non-hydrogen) atoms. The Morgan fingerprint density at radius 3 is 2.75 bits per heavy atom. The zero-order valence-corrected chi connectivity index (χ0v) is 14.0. The summed E-state index contributed by atoms with van der Waals surface area (Å²) in [5.74, 6) is 1.83. The van der Waals surface area contributed by atoms with Crippen molar-refractivity contribution in [1.29, 1.82) is 0 Å². The van der Waals surface area contributed by atoms with E-state index >= 15 is 0 Å². The van der Waals surface area contributed by atoms with Crippen molar-refractivity contribution in [2.75, 3.05) is 32.8 Å². The SMILES string of the molecule is COc1ccc2c(c1)OC[C@H](C(=O)N(C)c1ccc(OC)nc1)C2. The highest BCUT2D eigenvalue weighted by atomic mass is 16.5. The third kappa shape index (κ3) is 3.13. The van der Waals surface area contributed by atoms with Crippen molar-refractivity contribution in [3.63, 3.8) is 0 Å². The maximum atomic E-state index is 12.7. The van der Waals surface area contributed by atoms with Crippen LogP contribution in [0.2, 0.25) is 0 Å². The van der Waals surface area contributed by atoms with Crippen LogP contribution in [0, 0.1) is 5.92 Å². The van der Waals surface area contributed by atoms with Crippen LogP contribution in [-0.2, 0) is 11.2 Å². The Labute approximate surface area is 141 Å². The summed E-state index contributed by atoms with van der Waals surface area (Å²) in [4.78, 5) is 18.5. The van der Waals surface area contributed by atoms with Crippen LogP contribution in [0.5, 0.6) is 17.4 Å². The first-order valence-corrected chi connectivity index (χ1v) is 7.69. The van der Waals surface area contributed by atoms with Crippen molar-refractivity contribution in [3.8, 4) is 17.4 Å². The number of pyridine rings is 1. The van der Waals surface area contributed by atoms with E-state index in [9.17, 15) is 4.79 Å². The van der Waals surface area contributed by atoms with E-state index in [1.807, 2.05) is 24.3 Å². The summed E-state index contributed by atoms with van der Waals surface area (Å²) in [6, 6.07) is 9.23. The zero-order valence-electron chi connectivity index (χ0n) is 14.0. The Bertz CT molecular complexity index is 730. The molecule has 6 heteroatoms. The van der Waals surface area contributed by atoms with Gasteiger partial charge in [-0.05, 0) is 24.1 Å². The number of methoxy groups -OCH3 is 2. The minimum absolute atomic E-state index is 0.00318. The van der Waals surface area contributed by atoms with Gasteiger partial charge in [0.25, 0.3) is 0 Å². The second-order valence-corrected chi connectivity index (χ2v) is 5.64. The number of aromatic nitrogens is 1. The number of rotatable bonds is 4. The van der Waals surface area contributed by atoms with Crippen LogP contribution >= 0.6 is 0 Å². The molecule has 2 aromatic rings. The summed E-state index contributed by atoms with van der Waals surface area (Å²) >= 11 is 0. The first-order valence-electron chi connectivity index (χ1n) is 7.69. The lowest BCUT2D eigenvalue weighted by Gasteiger charge is -2.28. The molecule has 126 valence electrons. The molecule has 6 nitrogen and oxygen atoms in total. The molecule has 1 atom stereocenters. The Kier molecular flexibility index (Phi) is 4.55. The molecule has 1 amide bonds. The lowest BCUT2D eigenvalue weighted by Crippen LogP contribution is -2.38. The highest BCUT2D eigenvalue weighted by molar-refractivity contribution is 5.94. The van der Waals surface area contributed by atoms with Gasteiger partial charge >= 0.3 is 0 Å². The second kappa shape index (κ2) is 6.78. The molecule has 0 spiro atoms. The molecular weight excluding hydrogens is 308 g/mol. The molecule has 1 aliphatic heterocycles. The maximum Gasteiger partial charge on any atom is 0.233 e. The Balaban J connectivity index is 1.72. The molecule has 0 aliphatic carbocycles. The minimum Gasteiger partial charge on any atom is -0.497 e. The van der Waals surface area contributed by atoms with Gasteiger partial charge in [-0.3, -0.25) is 4.79 Å². The van der Waals surface area contributed by atoms with Gasteiger partial charge in [0.15, 0.2) is 0 Å². The van der Waals surface area contributed by atoms with Crippen LogP contribution < -0.4 is 19.1 Å². The molecule has 2 heterocycles. The van der Waals surface area contributed by atoms with Crippen molar-refractivity contribution < 1.29 is 19.0 Å². The molecule has 0 radical (unpaired) electrons. The third-order valence-electron chi connectivity index (χ3n) is 4.18. The van der Waals surface area contributed by atoms with Gasteiger partial charge in [-0.2, -0.15) is 0 Å². The maximum absolute atomic E-state index is 12.7. The lowest BCUT2D eigenvalue weighted by molar-refractivity contribution is -0.123. The number of benzene rings is 1. The average molecular weight is 328 g/mol. The molecule has 1 aliphatic rings. The van der Waals surface area contributed by atoms with E-state index < -0.39 is 0 Å². The number of carbonyl (C=O) groups excluding carboxylic acids is 1. The smallest absolute Gasteiger partial charge is 0.233 e. The second-order valence-electron chi connectivity index (χ2n) is 5.64. The number of hydrogen-bond acceptors (Lipinski definition) is 5. The normalized spacial score (nSPS) is 15.9. The topological polar surface area (TPSA) is 60.9 Å². The van der Waals surface area contributed by atoms with Gasteiger partial charge in [0.1, 0.15) is 18.1 Å². The van der Waals surface area contributed by atoms with Gasteiger partial charge in [0.05, 0.1) is 32.0 Å². The number of amides is 1. The summed E-state index contributed by atoms with van der Waals surface area (Å²) in [6.45, 7) is 0.354. The molecule has 3 rings (SSSR count). The average Bonchev–Trinajstić information content (AvgIpc) is 2.66. The summed E-state index contributed by atoms with van der Waals surface area (Å²) in [6.07, 6.45) is 2.27. The van der Waals surface area contributed by atoms with Gasteiger partial charge < -0.3 is 19.1 Å². The minimum atomic E-state index is -0.224. The van der Waals surface area contributed by atoms with Gasteiger partial charge in [-0.1, -0.05) is 6.07 Å². The number of fused-ring (bicyclic) bond motifs is 1. The fraction of sp³-hybridized carbons (Fsp3) is 0.333. The van der Waals surface area contributed by atoms with Gasteiger partial charge in [0.2, 0.25) is 11.8 Å². The van der Waals surface area contributed by atoms with E-state index in [0.29, 0.717) is 18.9 Å². The molecule has 0 saturated heterocycles. The monoisotopic (exact) mass is 328 g/mol. The first-order chi connectivity index (χ1) is 11.6. The molecule has 1 aromatic carbocycles. The predicted octanol–water partition coefficient (Wildman–Crippen LogP) is 2.31. The molecular formula is C18H20N2O4. The Morgan fingerprint density at radius 1 is 1.25 bits per heavy atom. The lowest BCUT2D eigenvalue weighted by atomic mass is 9.95. The van der Waals surface area contributed by atoms with Crippen molar-refractivity contribution in [1.82, 2.24) is 4.98 Å². The largest absolute Gasteiger partial charge is 0.497 e. The molecule has 0 unspecified atom stereocenters.